The van der Waals surface area contributed by atoms with E-state index >= 15 is 0 Å². The van der Waals surface area contributed by atoms with E-state index in [-0.39, 0.29) is 73.5 Å². The molecule has 2 aliphatic rings. The molecule has 33 heavy (non-hydrogen) atoms. The number of nitrogens with one attached hydrogen (secondary N) is 1. The summed E-state index contributed by atoms with van der Waals surface area (Å²) in [6, 6.07) is 4.30. The third-order valence-electron chi connectivity index (χ3n) is 6.44. The number of fused-ring (bicyclic) bond motifs is 1. The van der Waals surface area contributed by atoms with Gasteiger partial charge in [-0.15, -0.1) is 0 Å². The van der Waals surface area contributed by atoms with E-state index < -0.39 is 35.0 Å². The molecular formula is C22H22F4N4O3. The summed E-state index contributed by atoms with van der Waals surface area (Å²) < 4.78 is 57.1. The maximum atomic E-state index is 14.4. The van der Waals surface area contributed by atoms with Crippen LogP contribution in [0.15, 0.2) is 12.1 Å². The van der Waals surface area contributed by atoms with Gasteiger partial charge in [-0.2, -0.15) is 14.0 Å². The molecule has 2 aliphatic carbocycles. The Kier molecular flexibility index (Phi) is 5.38. The summed E-state index contributed by atoms with van der Waals surface area (Å²) in [5.74, 6) is -8.33. The van der Waals surface area contributed by atoms with Gasteiger partial charge in [0.25, 0.3) is 11.8 Å². The lowest BCUT2D eigenvalue weighted by Crippen LogP contribution is -2.43. The van der Waals surface area contributed by atoms with Gasteiger partial charge in [-0.05, 0) is 50.2 Å². The van der Waals surface area contributed by atoms with Crippen LogP contribution in [0.25, 0.3) is 5.65 Å². The number of carboxylic acids is 1. The molecule has 2 aromatic heterocycles. The van der Waals surface area contributed by atoms with Crippen LogP contribution in [0, 0.1) is 17.2 Å². The number of amides is 1. The Morgan fingerprint density at radius 3 is 2.42 bits per heavy atom. The Bertz CT molecular complexity index is 1160. The minimum atomic E-state index is -3.36. The van der Waals surface area contributed by atoms with Gasteiger partial charge >= 0.3 is 5.97 Å². The second-order valence-electron chi connectivity index (χ2n) is 9.07. The highest BCUT2D eigenvalue weighted by Gasteiger charge is 2.51. The number of carbonyl (C=O) groups is 2. The molecule has 176 valence electrons. The van der Waals surface area contributed by atoms with Gasteiger partial charge in [-0.3, -0.25) is 9.20 Å². The van der Waals surface area contributed by atoms with Gasteiger partial charge in [0.15, 0.2) is 0 Å². The molecule has 1 amide bonds. The lowest BCUT2D eigenvalue weighted by Gasteiger charge is -2.28. The van der Waals surface area contributed by atoms with E-state index in [0.717, 1.165) is 0 Å². The molecule has 2 saturated carbocycles. The van der Waals surface area contributed by atoms with Crippen LogP contribution in [0.4, 0.5) is 17.6 Å². The first-order valence-electron chi connectivity index (χ1n) is 10.6. The molecular weight excluding hydrogens is 444 g/mol. The van der Waals surface area contributed by atoms with Crippen molar-refractivity contribution < 1.29 is 32.3 Å². The summed E-state index contributed by atoms with van der Waals surface area (Å²) in [4.78, 5) is 28.0. The summed E-state index contributed by atoms with van der Waals surface area (Å²) in [7, 11) is 0. The van der Waals surface area contributed by atoms with Gasteiger partial charge in [0.05, 0.1) is 5.69 Å². The molecule has 7 nitrogen and oxygen atoms in total. The smallest absolute Gasteiger partial charge is 0.329 e. The number of carboxylic acid groups (broad SMARTS) is 1. The molecule has 0 saturated heterocycles. The molecule has 0 radical (unpaired) electrons. The number of hydrogen-bond acceptors (Lipinski definition) is 4. The zero-order valence-corrected chi connectivity index (χ0v) is 17.8. The van der Waals surface area contributed by atoms with Crippen molar-refractivity contribution in [2.75, 3.05) is 0 Å². The largest absolute Gasteiger partial charge is 0.480 e. The fourth-order valence-corrected chi connectivity index (χ4v) is 4.37. The maximum absolute atomic E-state index is 14.4. The SMILES string of the molecule is CC(F)(F)c1nc2cc(C(=O)NC3(C(=O)O)CC3)cc(C#N)n2c1CC1CCC(F)(F)CC1. The van der Waals surface area contributed by atoms with Crippen LogP contribution in [0.2, 0.25) is 0 Å². The van der Waals surface area contributed by atoms with Crippen molar-refractivity contribution in [1.29, 1.82) is 5.26 Å². The summed E-state index contributed by atoms with van der Waals surface area (Å²) in [5, 5.41) is 21.4. The van der Waals surface area contributed by atoms with Crippen LogP contribution in [0.5, 0.6) is 0 Å². The van der Waals surface area contributed by atoms with Gasteiger partial charge in [-0.1, -0.05) is 0 Å². The molecule has 11 heteroatoms. The number of pyridine rings is 1. The second kappa shape index (κ2) is 7.71. The van der Waals surface area contributed by atoms with E-state index in [1.165, 1.54) is 16.5 Å². The lowest BCUT2D eigenvalue weighted by atomic mass is 9.83. The highest BCUT2D eigenvalue weighted by atomic mass is 19.3. The van der Waals surface area contributed by atoms with Gasteiger partial charge < -0.3 is 10.4 Å². The van der Waals surface area contributed by atoms with Crippen LogP contribution in [-0.4, -0.2) is 37.8 Å². The number of imidazole rings is 1. The quantitative estimate of drug-likeness (QED) is 0.625. The standard InChI is InChI=1S/C22H22F4N4O3/c1-20(23,24)17-15(8-12-2-4-22(25,26)5-3-12)30-14(11-27)9-13(10-16(30)28-17)18(31)29-21(6-7-21)19(32)33/h9-10,12H,2-8H2,1H3,(H,29,31)(H,32,33). The molecule has 0 aromatic carbocycles. The third-order valence-corrected chi connectivity index (χ3v) is 6.44. The zero-order valence-electron chi connectivity index (χ0n) is 17.8. The summed E-state index contributed by atoms with van der Waals surface area (Å²) in [6.45, 7) is 0.663. The van der Waals surface area contributed by atoms with Gasteiger partial charge in [0, 0.05) is 25.3 Å². The zero-order chi connectivity index (χ0) is 24.2. The van der Waals surface area contributed by atoms with E-state index in [1.54, 1.807) is 0 Å². The number of hydrogen-bond donors (Lipinski definition) is 2. The van der Waals surface area contributed by atoms with Crippen molar-refractivity contribution in [3.05, 3.63) is 34.8 Å². The van der Waals surface area contributed by atoms with Gasteiger partial charge in [-0.25, -0.2) is 18.6 Å². The average molecular weight is 466 g/mol. The topological polar surface area (TPSA) is 107 Å². The molecule has 0 unspecified atom stereocenters. The molecule has 0 atom stereocenters. The van der Waals surface area contributed by atoms with Crippen LogP contribution in [0.1, 0.15) is 72.9 Å². The molecule has 2 N–H and O–H groups in total. The van der Waals surface area contributed by atoms with Crippen molar-refractivity contribution >= 4 is 17.5 Å². The van der Waals surface area contributed by atoms with Crippen molar-refractivity contribution in [2.45, 2.75) is 69.3 Å². The summed E-state index contributed by atoms with van der Waals surface area (Å²) in [6.07, 6.45) is 0.241. The van der Waals surface area contributed by atoms with Crippen LogP contribution in [-0.2, 0) is 17.1 Å². The van der Waals surface area contributed by atoms with Gasteiger partial charge in [0.1, 0.15) is 28.6 Å². The van der Waals surface area contributed by atoms with Crippen molar-refractivity contribution in [2.24, 2.45) is 5.92 Å². The number of aliphatic carboxylic acids is 1. The van der Waals surface area contributed by atoms with Crippen molar-refractivity contribution in [3.63, 3.8) is 0 Å². The Labute approximate surface area is 186 Å². The van der Waals surface area contributed by atoms with Crippen LogP contribution in [0.3, 0.4) is 0 Å². The normalized spacial score (nSPS) is 19.8. The highest BCUT2D eigenvalue weighted by Crippen LogP contribution is 2.40. The molecule has 2 heterocycles. The molecule has 0 aliphatic heterocycles. The Balaban J connectivity index is 1.74. The number of carbonyl (C=O) groups excluding carboxylic acids is 1. The highest BCUT2D eigenvalue weighted by molar-refractivity contribution is 5.99. The fourth-order valence-electron chi connectivity index (χ4n) is 4.37. The first-order chi connectivity index (χ1) is 15.3. The summed E-state index contributed by atoms with van der Waals surface area (Å²) in [5.41, 5.74) is -2.14. The number of rotatable bonds is 6. The van der Waals surface area contributed by atoms with E-state index in [4.69, 9.17) is 0 Å². The minimum absolute atomic E-state index is 0.0400. The maximum Gasteiger partial charge on any atom is 0.329 e. The Morgan fingerprint density at radius 1 is 1.27 bits per heavy atom. The molecule has 2 aromatic rings. The monoisotopic (exact) mass is 466 g/mol. The molecule has 0 bridgehead atoms. The first-order valence-corrected chi connectivity index (χ1v) is 10.6. The third kappa shape index (κ3) is 4.38. The Hall–Kier alpha value is -3.16. The van der Waals surface area contributed by atoms with E-state index in [9.17, 15) is 37.5 Å². The number of nitrogens with zero attached hydrogens (tertiary/aromatic N) is 3. The summed E-state index contributed by atoms with van der Waals surface area (Å²) >= 11 is 0. The average Bonchev–Trinajstić information content (AvgIpc) is 3.42. The van der Waals surface area contributed by atoms with Crippen molar-refractivity contribution in [3.8, 4) is 6.07 Å². The number of alkyl halides is 4. The van der Waals surface area contributed by atoms with E-state index in [1.807, 2.05) is 6.07 Å². The predicted octanol–water partition coefficient (Wildman–Crippen LogP) is 4.03. The fraction of sp³-hybridized carbons (Fsp3) is 0.545. The van der Waals surface area contributed by atoms with E-state index in [2.05, 4.69) is 10.3 Å². The minimum Gasteiger partial charge on any atom is -0.480 e. The number of aromatic nitrogens is 2. The van der Waals surface area contributed by atoms with Crippen molar-refractivity contribution in [1.82, 2.24) is 14.7 Å². The van der Waals surface area contributed by atoms with E-state index in [0.29, 0.717) is 6.92 Å². The number of halogens is 4. The first kappa shape index (κ1) is 23.0. The Morgan fingerprint density at radius 2 is 1.91 bits per heavy atom. The van der Waals surface area contributed by atoms with Gasteiger partial charge in [0.2, 0.25) is 5.92 Å². The second-order valence-corrected chi connectivity index (χ2v) is 9.07. The molecule has 4 rings (SSSR count). The predicted molar refractivity (Wildman–Crippen MR) is 107 cm³/mol. The molecule has 0 spiro atoms. The van der Waals surface area contributed by atoms with Crippen LogP contribution < -0.4 is 5.32 Å². The lowest BCUT2D eigenvalue weighted by molar-refractivity contribution is -0.140. The van der Waals surface area contributed by atoms with Crippen LogP contribution >= 0.6 is 0 Å². The molecule has 2 fully saturated rings. The number of nitriles is 1.